The Bertz CT molecular complexity index is 980. The molecule has 0 radical (unpaired) electrons. The topological polar surface area (TPSA) is 79.2 Å². The van der Waals surface area contributed by atoms with Crippen molar-refractivity contribution < 1.29 is 9.90 Å². The predicted molar refractivity (Wildman–Crippen MR) is 104 cm³/mol. The van der Waals surface area contributed by atoms with Crippen molar-refractivity contribution in [1.29, 1.82) is 0 Å². The molecule has 27 heavy (non-hydrogen) atoms. The molecule has 4 rings (SSSR count). The maximum atomic E-state index is 12.6. The van der Waals surface area contributed by atoms with Crippen LogP contribution < -0.4 is 10.6 Å². The van der Waals surface area contributed by atoms with Crippen molar-refractivity contribution in [2.24, 2.45) is 7.05 Å². The molecule has 1 amide bonds. The van der Waals surface area contributed by atoms with Gasteiger partial charge in [0.05, 0.1) is 23.8 Å². The van der Waals surface area contributed by atoms with Crippen molar-refractivity contribution in [3.05, 3.63) is 77.1 Å². The molecule has 1 atom stereocenters. The number of aromatic hydroxyl groups is 1. The SMILES string of the molecule is Cn1ccc(CNc2ccc(C(=O)NC3CCc4ccccc43)c(O)c2)n1. The Hall–Kier alpha value is -3.28. The highest BCUT2D eigenvalue weighted by molar-refractivity contribution is 5.97. The summed E-state index contributed by atoms with van der Waals surface area (Å²) in [7, 11) is 1.87. The zero-order valence-electron chi connectivity index (χ0n) is 15.1. The Balaban J connectivity index is 1.42. The lowest BCUT2D eigenvalue weighted by molar-refractivity contribution is 0.0934. The molecule has 6 heteroatoms. The van der Waals surface area contributed by atoms with E-state index in [1.807, 2.05) is 31.4 Å². The summed E-state index contributed by atoms with van der Waals surface area (Å²) in [5, 5.41) is 20.8. The Morgan fingerprint density at radius 2 is 2.11 bits per heavy atom. The van der Waals surface area contributed by atoms with Gasteiger partial charge < -0.3 is 15.7 Å². The number of carbonyl (C=O) groups excluding carboxylic acids is 1. The van der Waals surface area contributed by atoms with E-state index in [2.05, 4.69) is 27.9 Å². The molecular formula is C21H22N4O2. The van der Waals surface area contributed by atoms with Gasteiger partial charge in [0.25, 0.3) is 5.91 Å². The second kappa shape index (κ2) is 7.15. The molecule has 6 nitrogen and oxygen atoms in total. The number of anilines is 1. The Morgan fingerprint density at radius 3 is 2.89 bits per heavy atom. The molecule has 1 aliphatic carbocycles. The number of aromatic nitrogens is 2. The lowest BCUT2D eigenvalue weighted by Gasteiger charge is -2.15. The number of hydrogen-bond donors (Lipinski definition) is 3. The zero-order valence-corrected chi connectivity index (χ0v) is 15.1. The molecule has 3 N–H and O–H groups in total. The van der Waals surface area contributed by atoms with E-state index in [-0.39, 0.29) is 23.3 Å². The number of nitrogens with zero attached hydrogens (tertiary/aromatic N) is 2. The number of hydrogen-bond acceptors (Lipinski definition) is 4. The van der Waals surface area contributed by atoms with Crippen molar-refractivity contribution in [2.45, 2.75) is 25.4 Å². The highest BCUT2D eigenvalue weighted by Crippen LogP contribution is 2.31. The predicted octanol–water partition coefficient (Wildman–Crippen LogP) is 3.16. The Labute approximate surface area is 157 Å². The molecule has 0 saturated heterocycles. The molecule has 0 aliphatic heterocycles. The molecule has 138 valence electrons. The van der Waals surface area contributed by atoms with E-state index >= 15 is 0 Å². The summed E-state index contributed by atoms with van der Waals surface area (Å²) < 4.78 is 1.74. The molecule has 0 fully saturated rings. The van der Waals surface area contributed by atoms with Crippen molar-refractivity contribution >= 4 is 11.6 Å². The van der Waals surface area contributed by atoms with Crippen LogP contribution >= 0.6 is 0 Å². The van der Waals surface area contributed by atoms with Crippen LogP contribution in [0.5, 0.6) is 5.75 Å². The van der Waals surface area contributed by atoms with E-state index in [9.17, 15) is 9.90 Å². The minimum atomic E-state index is -0.259. The van der Waals surface area contributed by atoms with E-state index < -0.39 is 0 Å². The van der Waals surface area contributed by atoms with Gasteiger partial charge in [-0.2, -0.15) is 5.10 Å². The summed E-state index contributed by atoms with van der Waals surface area (Å²) in [6.45, 7) is 0.546. The summed E-state index contributed by atoms with van der Waals surface area (Å²) in [5.41, 5.74) is 4.36. The second-order valence-electron chi connectivity index (χ2n) is 6.83. The molecule has 3 aromatic rings. The molecule has 0 spiro atoms. The van der Waals surface area contributed by atoms with Crippen LogP contribution in [0.4, 0.5) is 5.69 Å². The first-order valence-electron chi connectivity index (χ1n) is 9.04. The zero-order chi connectivity index (χ0) is 18.8. The van der Waals surface area contributed by atoms with Crippen LogP contribution in [0.15, 0.2) is 54.7 Å². The lowest BCUT2D eigenvalue weighted by Crippen LogP contribution is -2.27. The summed E-state index contributed by atoms with van der Waals surface area (Å²) in [6.07, 6.45) is 3.72. The maximum absolute atomic E-state index is 12.6. The highest BCUT2D eigenvalue weighted by atomic mass is 16.3. The molecule has 1 aromatic heterocycles. The highest BCUT2D eigenvalue weighted by Gasteiger charge is 2.24. The number of benzene rings is 2. The van der Waals surface area contributed by atoms with Crippen LogP contribution in [-0.2, 0) is 20.0 Å². The van der Waals surface area contributed by atoms with E-state index in [0.717, 1.165) is 24.2 Å². The normalized spacial score (nSPS) is 15.4. The van der Waals surface area contributed by atoms with Gasteiger partial charge in [-0.25, -0.2) is 0 Å². The summed E-state index contributed by atoms with van der Waals surface area (Å²) in [4.78, 5) is 12.6. The minimum Gasteiger partial charge on any atom is -0.507 e. The number of nitrogens with one attached hydrogen (secondary N) is 2. The summed E-state index contributed by atoms with van der Waals surface area (Å²) in [6, 6.07) is 15.1. The molecule has 1 heterocycles. The van der Waals surface area contributed by atoms with Gasteiger partial charge in [0, 0.05) is 25.0 Å². The Kier molecular flexibility index (Phi) is 4.54. The first kappa shape index (κ1) is 17.1. The first-order valence-corrected chi connectivity index (χ1v) is 9.04. The largest absolute Gasteiger partial charge is 0.507 e. The summed E-state index contributed by atoms with van der Waals surface area (Å²) in [5.74, 6) is -0.296. The van der Waals surface area contributed by atoms with Crippen LogP contribution in [0, 0.1) is 0 Å². The smallest absolute Gasteiger partial charge is 0.255 e. The van der Waals surface area contributed by atoms with E-state index in [4.69, 9.17) is 0 Å². The van der Waals surface area contributed by atoms with Gasteiger partial charge in [0.2, 0.25) is 0 Å². The van der Waals surface area contributed by atoms with Crippen molar-refractivity contribution in [1.82, 2.24) is 15.1 Å². The number of rotatable bonds is 5. The molecule has 2 aromatic carbocycles. The number of phenols is 1. The van der Waals surface area contributed by atoms with Crippen LogP contribution in [0.25, 0.3) is 0 Å². The van der Waals surface area contributed by atoms with Crippen LogP contribution in [0.3, 0.4) is 0 Å². The standard InChI is InChI=1S/C21H22N4O2/c1-25-11-10-16(24-25)13-22-15-7-8-18(20(26)12-15)21(27)23-19-9-6-14-4-2-3-5-17(14)19/h2-5,7-8,10-12,19,22,26H,6,9,13H2,1H3,(H,23,27). The first-order chi connectivity index (χ1) is 13.1. The maximum Gasteiger partial charge on any atom is 0.255 e. The van der Waals surface area contributed by atoms with Gasteiger partial charge in [-0.1, -0.05) is 24.3 Å². The molecular weight excluding hydrogens is 340 g/mol. The molecule has 1 unspecified atom stereocenters. The number of carbonyl (C=O) groups is 1. The Morgan fingerprint density at radius 1 is 1.26 bits per heavy atom. The lowest BCUT2D eigenvalue weighted by atomic mass is 10.1. The fourth-order valence-corrected chi connectivity index (χ4v) is 3.53. The quantitative estimate of drug-likeness (QED) is 0.651. The van der Waals surface area contributed by atoms with Crippen LogP contribution in [0.2, 0.25) is 0 Å². The third-order valence-corrected chi connectivity index (χ3v) is 4.92. The van der Waals surface area contributed by atoms with Gasteiger partial charge in [0.1, 0.15) is 5.75 Å². The number of fused-ring (bicyclic) bond motifs is 1. The molecule has 1 aliphatic rings. The van der Waals surface area contributed by atoms with Crippen LogP contribution in [0.1, 0.15) is 39.6 Å². The van der Waals surface area contributed by atoms with Gasteiger partial charge in [-0.05, 0) is 42.2 Å². The van der Waals surface area contributed by atoms with E-state index in [1.54, 1.807) is 22.9 Å². The van der Waals surface area contributed by atoms with Gasteiger partial charge in [0.15, 0.2) is 0 Å². The van der Waals surface area contributed by atoms with Crippen molar-refractivity contribution in [3.8, 4) is 5.75 Å². The molecule has 0 bridgehead atoms. The summed E-state index contributed by atoms with van der Waals surface area (Å²) >= 11 is 0. The van der Waals surface area contributed by atoms with Gasteiger partial charge in [-0.15, -0.1) is 0 Å². The molecule has 0 saturated carbocycles. The third kappa shape index (κ3) is 3.65. The van der Waals surface area contributed by atoms with E-state index in [1.165, 1.54) is 11.1 Å². The average Bonchev–Trinajstić information content (AvgIpc) is 3.26. The van der Waals surface area contributed by atoms with Crippen LogP contribution in [-0.4, -0.2) is 20.8 Å². The number of amides is 1. The fourth-order valence-electron chi connectivity index (χ4n) is 3.53. The van der Waals surface area contributed by atoms with Crippen molar-refractivity contribution in [2.75, 3.05) is 5.32 Å². The average molecular weight is 362 g/mol. The number of phenolic OH excluding ortho intramolecular Hbond substituents is 1. The minimum absolute atomic E-state index is 0.00458. The monoisotopic (exact) mass is 362 g/mol. The van der Waals surface area contributed by atoms with Crippen molar-refractivity contribution in [3.63, 3.8) is 0 Å². The number of aryl methyl sites for hydroxylation is 2. The fraction of sp³-hybridized carbons (Fsp3) is 0.238. The third-order valence-electron chi connectivity index (χ3n) is 4.92. The van der Waals surface area contributed by atoms with Gasteiger partial charge >= 0.3 is 0 Å². The second-order valence-corrected chi connectivity index (χ2v) is 6.83. The van der Waals surface area contributed by atoms with E-state index in [0.29, 0.717) is 6.54 Å². The van der Waals surface area contributed by atoms with Gasteiger partial charge in [-0.3, -0.25) is 9.48 Å².